The highest BCUT2D eigenvalue weighted by Crippen LogP contribution is 2.30. The molecule has 5 heteroatoms. The van der Waals surface area contributed by atoms with Crippen molar-refractivity contribution in [3.63, 3.8) is 0 Å². The van der Waals surface area contributed by atoms with Crippen LogP contribution in [0.2, 0.25) is 0 Å². The van der Waals surface area contributed by atoms with E-state index in [9.17, 15) is 4.79 Å². The Labute approximate surface area is 164 Å². The maximum Gasteiger partial charge on any atom is 0.255 e. The highest BCUT2D eigenvalue weighted by molar-refractivity contribution is 7.78. The predicted octanol–water partition coefficient (Wildman–Crippen LogP) is 4.17. The Kier molecular flexibility index (Phi) is 5.05. The minimum Gasteiger partial charge on any atom is -0.358 e. The minimum absolute atomic E-state index is 0.100. The average molecular weight is 378 g/mol. The zero-order chi connectivity index (χ0) is 18.8. The molecule has 1 aliphatic carbocycles. The molecule has 138 valence electrons. The molecule has 0 bridgehead atoms. The van der Waals surface area contributed by atoms with E-state index >= 15 is 0 Å². The number of fused-ring (bicyclic) bond motifs is 3. The SMILES string of the molecule is NC1CCc2[nH]c3ccc(NC(=O)c4ccc(CCC=S)cc4)cc3c2C1. The van der Waals surface area contributed by atoms with E-state index in [-0.39, 0.29) is 11.9 Å². The first-order chi connectivity index (χ1) is 13.1. The highest BCUT2D eigenvalue weighted by atomic mass is 32.1. The van der Waals surface area contributed by atoms with Gasteiger partial charge in [-0.05, 0) is 78.9 Å². The second-order valence-corrected chi connectivity index (χ2v) is 7.54. The van der Waals surface area contributed by atoms with E-state index in [1.54, 1.807) is 5.37 Å². The molecule has 4 N–H and O–H groups in total. The highest BCUT2D eigenvalue weighted by Gasteiger charge is 2.20. The van der Waals surface area contributed by atoms with Gasteiger partial charge < -0.3 is 16.0 Å². The Hall–Kier alpha value is -2.50. The summed E-state index contributed by atoms with van der Waals surface area (Å²) in [6.45, 7) is 0. The summed E-state index contributed by atoms with van der Waals surface area (Å²) in [5.41, 5.74) is 12.5. The molecule has 1 unspecified atom stereocenters. The molecule has 1 aromatic heterocycles. The van der Waals surface area contributed by atoms with Gasteiger partial charge in [-0.25, -0.2) is 0 Å². The molecule has 2 aromatic carbocycles. The number of hydrogen-bond donors (Lipinski definition) is 3. The van der Waals surface area contributed by atoms with Crippen LogP contribution in [0.3, 0.4) is 0 Å². The quantitative estimate of drug-likeness (QED) is 0.585. The molecule has 0 radical (unpaired) electrons. The number of rotatable bonds is 5. The van der Waals surface area contributed by atoms with Crippen LogP contribution in [0.15, 0.2) is 42.5 Å². The Morgan fingerprint density at radius 2 is 2.07 bits per heavy atom. The van der Waals surface area contributed by atoms with Gasteiger partial charge >= 0.3 is 0 Å². The summed E-state index contributed by atoms with van der Waals surface area (Å²) in [5, 5.41) is 5.91. The van der Waals surface area contributed by atoms with Crippen LogP contribution in [0.25, 0.3) is 10.9 Å². The number of benzene rings is 2. The molecule has 0 spiro atoms. The Balaban J connectivity index is 1.53. The number of carbonyl (C=O) groups is 1. The minimum atomic E-state index is -0.100. The van der Waals surface area contributed by atoms with E-state index in [0.29, 0.717) is 5.56 Å². The summed E-state index contributed by atoms with van der Waals surface area (Å²) in [6.07, 6.45) is 4.66. The molecule has 4 rings (SSSR count). The van der Waals surface area contributed by atoms with Crippen molar-refractivity contribution < 1.29 is 4.79 Å². The molecular formula is C22H23N3OS. The first-order valence-corrected chi connectivity index (χ1v) is 9.84. The third-order valence-electron chi connectivity index (χ3n) is 5.25. The van der Waals surface area contributed by atoms with Gasteiger partial charge in [0, 0.05) is 33.9 Å². The van der Waals surface area contributed by atoms with Crippen molar-refractivity contribution in [2.45, 2.75) is 38.1 Å². The number of carbonyl (C=O) groups excluding carboxylic acids is 1. The van der Waals surface area contributed by atoms with Gasteiger partial charge in [0.15, 0.2) is 0 Å². The van der Waals surface area contributed by atoms with E-state index in [4.69, 9.17) is 18.0 Å². The van der Waals surface area contributed by atoms with Crippen LogP contribution in [0.4, 0.5) is 5.69 Å². The standard InChI is InChI=1S/C22H23N3OS/c23-16-7-9-20-18(12-16)19-13-17(8-10-21(19)25-20)24-22(26)15-5-3-14(4-6-15)2-1-11-27/h3-6,8,10-11,13,16,25H,1-2,7,9,12,23H2,(H,24,26). The lowest BCUT2D eigenvalue weighted by Gasteiger charge is -2.18. The summed E-state index contributed by atoms with van der Waals surface area (Å²) in [4.78, 5) is 16.1. The number of hydrogen-bond acceptors (Lipinski definition) is 3. The van der Waals surface area contributed by atoms with Crippen molar-refractivity contribution >= 4 is 40.1 Å². The van der Waals surface area contributed by atoms with Crippen LogP contribution in [0.1, 0.15) is 40.0 Å². The van der Waals surface area contributed by atoms with Gasteiger partial charge in [-0.2, -0.15) is 0 Å². The zero-order valence-corrected chi connectivity index (χ0v) is 15.9. The van der Waals surface area contributed by atoms with Crippen LogP contribution in [-0.4, -0.2) is 22.3 Å². The lowest BCUT2D eigenvalue weighted by atomic mass is 9.92. The molecule has 0 aliphatic heterocycles. The van der Waals surface area contributed by atoms with Crippen molar-refractivity contribution in [2.75, 3.05) is 5.32 Å². The third kappa shape index (κ3) is 3.80. The lowest BCUT2D eigenvalue weighted by Crippen LogP contribution is -2.27. The van der Waals surface area contributed by atoms with E-state index in [0.717, 1.165) is 48.7 Å². The summed E-state index contributed by atoms with van der Waals surface area (Å²) < 4.78 is 0. The molecule has 0 saturated carbocycles. The molecule has 0 fully saturated rings. The van der Waals surface area contributed by atoms with Gasteiger partial charge in [0.1, 0.15) is 0 Å². The largest absolute Gasteiger partial charge is 0.358 e. The molecule has 4 nitrogen and oxygen atoms in total. The first kappa shape index (κ1) is 17.9. The van der Waals surface area contributed by atoms with Crippen LogP contribution in [-0.2, 0) is 19.3 Å². The van der Waals surface area contributed by atoms with Gasteiger partial charge in [-0.3, -0.25) is 4.79 Å². The Morgan fingerprint density at radius 1 is 1.26 bits per heavy atom. The predicted molar refractivity (Wildman–Crippen MR) is 115 cm³/mol. The maximum atomic E-state index is 12.6. The number of aromatic amines is 1. The summed E-state index contributed by atoms with van der Waals surface area (Å²) in [5.74, 6) is -0.100. The van der Waals surface area contributed by atoms with E-state index in [1.165, 1.54) is 16.8 Å². The smallest absolute Gasteiger partial charge is 0.255 e. The van der Waals surface area contributed by atoms with Crippen LogP contribution in [0.5, 0.6) is 0 Å². The van der Waals surface area contributed by atoms with Crippen molar-refractivity contribution in [3.05, 3.63) is 64.8 Å². The zero-order valence-electron chi connectivity index (χ0n) is 15.1. The molecular weight excluding hydrogens is 354 g/mol. The molecule has 1 amide bonds. The molecule has 1 atom stereocenters. The van der Waals surface area contributed by atoms with E-state index in [2.05, 4.69) is 10.3 Å². The van der Waals surface area contributed by atoms with Gasteiger partial charge in [-0.1, -0.05) is 24.4 Å². The number of H-pyrrole nitrogens is 1. The number of anilines is 1. The maximum absolute atomic E-state index is 12.6. The molecule has 0 saturated heterocycles. The van der Waals surface area contributed by atoms with Gasteiger partial charge in [0.2, 0.25) is 0 Å². The summed E-state index contributed by atoms with van der Waals surface area (Å²) in [7, 11) is 0. The summed E-state index contributed by atoms with van der Waals surface area (Å²) >= 11 is 4.86. The number of thiocarbonyl (C=S) groups is 1. The topological polar surface area (TPSA) is 70.9 Å². The van der Waals surface area contributed by atoms with Gasteiger partial charge in [0.25, 0.3) is 5.91 Å². The van der Waals surface area contributed by atoms with Crippen molar-refractivity contribution in [3.8, 4) is 0 Å². The number of nitrogens with two attached hydrogens (primary N) is 1. The monoisotopic (exact) mass is 377 g/mol. The second kappa shape index (κ2) is 7.62. The fourth-order valence-corrected chi connectivity index (χ4v) is 3.89. The number of amides is 1. The molecule has 3 aromatic rings. The number of nitrogens with one attached hydrogen (secondary N) is 2. The second-order valence-electron chi connectivity index (χ2n) is 7.20. The first-order valence-electron chi connectivity index (χ1n) is 9.37. The van der Waals surface area contributed by atoms with Gasteiger partial charge in [0.05, 0.1) is 0 Å². The molecule has 1 heterocycles. The molecule has 27 heavy (non-hydrogen) atoms. The lowest BCUT2D eigenvalue weighted by molar-refractivity contribution is 0.102. The van der Waals surface area contributed by atoms with Crippen LogP contribution < -0.4 is 11.1 Å². The Morgan fingerprint density at radius 3 is 2.85 bits per heavy atom. The van der Waals surface area contributed by atoms with E-state index in [1.807, 2.05) is 42.5 Å². The normalized spacial score (nSPS) is 16.1. The fraction of sp³-hybridized carbons (Fsp3) is 0.273. The molecule has 1 aliphatic rings. The van der Waals surface area contributed by atoms with Crippen LogP contribution in [0, 0.1) is 0 Å². The fourth-order valence-electron chi connectivity index (χ4n) is 3.77. The van der Waals surface area contributed by atoms with Crippen molar-refractivity contribution in [2.24, 2.45) is 5.73 Å². The number of aryl methyl sites for hydroxylation is 2. The van der Waals surface area contributed by atoms with Gasteiger partial charge in [-0.15, -0.1) is 0 Å². The Bertz CT molecular complexity index is 991. The third-order valence-corrected chi connectivity index (χ3v) is 5.49. The van der Waals surface area contributed by atoms with Crippen molar-refractivity contribution in [1.29, 1.82) is 0 Å². The summed E-state index contributed by atoms with van der Waals surface area (Å²) in [6, 6.07) is 13.9. The average Bonchev–Trinajstić information content (AvgIpc) is 3.04. The number of aromatic nitrogens is 1. The van der Waals surface area contributed by atoms with Crippen molar-refractivity contribution in [1.82, 2.24) is 4.98 Å². The van der Waals surface area contributed by atoms with Crippen LogP contribution >= 0.6 is 12.2 Å². The van der Waals surface area contributed by atoms with E-state index < -0.39 is 0 Å².